The molecule has 0 fully saturated rings. The van der Waals surface area contributed by atoms with Crippen molar-refractivity contribution >= 4 is 11.6 Å². The van der Waals surface area contributed by atoms with Crippen LogP contribution in [0.25, 0.3) is 0 Å². The predicted octanol–water partition coefficient (Wildman–Crippen LogP) is 0.929. The summed E-state index contributed by atoms with van der Waals surface area (Å²) >= 11 is 0. The normalized spacial score (nSPS) is 9.44. The molecule has 6 nitrogen and oxygen atoms in total. The molecule has 0 saturated heterocycles. The smallest absolute Gasteiger partial charge is 0.255 e. The molecule has 16 heavy (non-hydrogen) atoms. The fourth-order valence-electron chi connectivity index (χ4n) is 1.16. The standard InChI is InChI=1S/C10H7N5O/c11-4-8-3-7(1-2-12-8)10(16)15-9-5-13-14-6-9/h1-3,5-6H,(H,13,14)(H,15,16). The number of nitrogens with one attached hydrogen (secondary N) is 2. The molecule has 2 N–H and O–H groups in total. The molecule has 6 heteroatoms. The van der Waals surface area contributed by atoms with Gasteiger partial charge in [0.15, 0.2) is 0 Å². The lowest BCUT2D eigenvalue weighted by Crippen LogP contribution is -2.11. The van der Waals surface area contributed by atoms with Crippen molar-refractivity contribution in [3.63, 3.8) is 0 Å². The van der Waals surface area contributed by atoms with Crippen LogP contribution in [0, 0.1) is 11.3 Å². The second kappa shape index (κ2) is 4.23. The minimum absolute atomic E-state index is 0.208. The maximum absolute atomic E-state index is 11.7. The number of pyridine rings is 1. The summed E-state index contributed by atoms with van der Waals surface area (Å²) in [5.74, 6) is -0.305. The van der Waals surface area contributed by atoms with Crippen molar-refractivity contribution in [1.82, 2.24) is 15.2 Å². The van der Waals surface area contributed by atoms with E-state index in [4.69, 9.17) is 5.26 Å². The summed E-state index contributed by atoms with van der Waals surface area (Å²) < 4.78 is 0. The van der Waals surface area contributed by atoms with Crippen LogP contribution in [0.4, 0.5) is 5.69 Å². The number of hydrogen-bond acceptors (Lipinski definition) is 4. The second-order valence-corrected chi connectivity index (χ2v) is 2.98. The first-order valence-corrected chi connectivity index (χ1v) is 4.46. The van der Waals surface area contributed by atoms with Crippen LogP contribution < -0.4 is 5.32 Å². The highest BCUT2D eigenvalue weighted by molar-refractivity contribution is 6.04. The number of carbonyl (C=O) groups is 1. The second-order valence-electron chi connectivity index (χ2n) is 2.98. The first kappa shape index (κ1) is 9.86. The number of rotatable bonds is 2. The Hall–Kier alpha value is -2.68. The third-order valence-corrected chi connectivity index (χ3v) is 1.89. The molecule has 0 aliphatic rings. The summed E-state index contributed by atoms with van der Waals surface area (Å²) in [4.78, 5) is 15.5. The van der Waals surface area contributed by atoms with Crippen LogP contribution in [0.1, 0.15) is 16.1 Å². The third-order valence-electron chi connectivity index (χ3n) is 1.89. The van der Waals surface area contributed by atoms with Crippen LogP contribution in [0.15, 0.2) is 30.7 Å². The van der Waals surface area contributed by atoms with Crippen molar-refractivity contribution in [2.45, 2.75) is 0 Å². The quantitative estimate of drug-likeness (QED) is 0.775. The number of anilines is 1. The zero-order chi connectivity index (χ0) is 11.4. The Morgan fingerprint density at radius 1 is 1.56 bits per heavy atom. The minimum Gasteiger partial charge on any atom is -0.319 e. The van der Waals surface area contributed by atoms with E-state index in [1.54, 1.807) is 6.20 Å². The number of nitrogens with zero attached hydrogens (tertiary/aromatic N) is 3. The van der Waals surface area contributed by atoms with Crippen molar-refractivity contribution in [1.29, 1.82) is 5.26 Å². The van der Waals surface area contributed by atoms with Gasteiger partial charge in [-0.15, -0.1) is 0 Å². The van der Waals surface area contributed by atoms with E-state index in [-0.39, 0.29) is 11.6 Å². The molecule has 0 aliphatic carbocycles. The lowest BCUT2D eigenvalue weighted by molar-refractivity contribution is 0.102. The van der Waals surface area contributed by atoms with E-state index in [0.29, 0.717) is 11.3 Å². The van der Waals surface area contributed by atoms with Gasteiger partial charge in [-0.3, -0.25) is 9.89 Å². The minimum atomic E-state index is -0.305. The number of hydrogen-bond donors (Lipinski definition) is 2. The highest BCUT2D eigenvalue weighted by Crippen LogP contribution is 2.06. The fraction of sp³-hybridized carbons (Fsp3) is 0. The molecule has 0 spiro atoms. The highest BCUT2D eigenvalue weighted by atomic mass is 16.1. The molecular formula is C10H7N5O. The van der Waals surface area contributed by atoms with Gasteiger partial charge in [-0.05, 0) is 12.1 Å². The summed E-state index contributed by atoms with van der Waals surface area (Å²) in [5, 5.41) is 17.5. The molecule has 0 aromatic carbocycles. The molecule has 0 radical (unpaired) electrons. The van der Waals surface area contributed by atoms with Crippen molar-refractivity contribution in [2.75, 3.05) is 5.32 Å². The van der Waals surface area contributed by atoms with E-state index < -0.39 is 0 Å². The summed E-state index contributed by atoms with van der Waals surface area (Å²) in [6.07, 6.45) is 4.47. The van der Waals surface area contributed by atoms with E-state index in [0.717, 1.165) is 0 Å². The highest BCUT2D eigenvalue weighted by Gasteiger charge is 2.07. The summed E-state index contributed by atoms with van der Waals surface area (Å²) in [6, 6.07) is 4.84. The van der Waals surface area contributed by atoms with Crippen LogP contribution in [0.2, 0.25) is 0 Å². The van der Waals surface area contributed by atoms with Crippen molar-refractivity contribution in [3.05, 3.63) is 42.0 Å². The Balaban J connectivity index is 2.18. The zero-order valence-corrected chi connectivity index (χ0v) is 8.14. The fourth-order valence-corrected chi connectivity index (χ4v) is 1.16. The van der Waals surface area contributed by atoms with E-state index in [2.05, 4.69) is 20.5 Å². The average molecular weight is 213 g/mol. The molecule has 0 bridgehead atoms. The first-order valence-electron chi connectivity index (χ1n) is 4.46. The Labute approximate surface area is 90.9 Å². The van der Waals surface area contributed by atoms with Crippen LogP contribution in [-0.2, 0) is 0 Å². The van der Waals surface area contributed by atoms with Crippen LogP contribution >= 0.6 is 0 Å². The van der Waals surface area contributed by atoms with Gasteiger partial charge in [0.25, 0.3) is 5.91 Å². The molecule has 0 unspecified atom stereocenters. The van der Waals surface area contributed by atoms with Gasteiger partial charge in [-0.25, -0.2) is 4.98 Å². The number of nitriles is 1. The third kappa shape index (κ3) is 2.04. The number of aromatic nitrogens is 3. The summed E-state index contributed by atoms with van der Waals surface area (Å²) in [6.45, 7) is 0. The van der Waals surface area contributed by atoms with E-state index in [9.17, 15) is 4.79 Å². The summed E-state index contributed by atoms with van der Waals surface area (Å²) in [7, 11) is 0. The Bertz CT molecular complexity index is 541. The van der Waals surface area contributed by atoms with E-state index in [1.165, 1.54) is 24.5 Å². The SMILES string of the molecule is N#Cc1cc(C(=O)Nc2cn[nH]c2)ccn1. The predicted molar refractivity (Wildman–Crippen MR) is 55.5 cm³/mol. The van der Waals surface area contributed by atoms with Crippen LogP contribution in [-0.4, -0.2) is 21.1 Å². The maximum Gasteiger partial charge on any atom is 0.255 e. The molecular weight excluding hydrogens is 206 g/mol. The maximum atomic E-state index is 11.7. The van der Waals surface area contributed by atoms with E-state index >= 15 is 0 Å². The Morgan fingerprint density at radius 2 is 2.44 bits per heavy atom. The van der Waals surface area contributed by atoms with E-state index in [1.807, 2.05) is 6.07 Å². The number of amides is 1. The molecule has 0 atom stereocenters. The van der Waals surface area contributed by atoms with Gasteiger partial charge in [0.05, 0.1) is 11.9 Å². The molecule has 0 saturated carbocycles. The number of H-pyrrole nitrogens is 1. The van der Waals surface area contributed by atoms with Gasteiger partial charge in [0, 0.05) is 18.0 Å². The molecule has 2 heterocycles. The number of aromatic amines is 1. The first-order chi connectivity index (χ1) is 7.79. The zero-order valence-electron chi connectivity index (χ0n) is 8.14. The van der Waals surface area contributed by atoms with Gasteiger partial charge in [-0.2, -0.15) is 10.4 Å². The van der Waals surface area contributed by atoms with Gasteiger partial charge >= 0.3 is 0 Å². The molecule has 0 aliphatic heterocycles. The lowest BCUT2D eigenvalue weighted by atomic mass is 10.2. The Morgan fingerprint density at radius 3 is 3.12 bits per heavy atom. The Kier molecular flexibility index (Phi) is 2.61. The van der Waals surface area contributed by atoms with Gasteiger partial charge in [-0.1, -0.05) is 0 Å². The topological polar surface area (TPSA) is 94.5 Å². The molecule has 2 aromatic heterocycles. The average Bonchev–Trinajstić information content (AvgIpc) is 2.82. The summed E-state index contributed by atoms with van der Waals surface area (Å²) in [5.41, 5.74) is 1.16. The molecule has 2 rings (SSSR count). The molecule has 2 aromatic rings. The lowest BCUT2D eigenvalue weighted by Gasteiger charge is -2.01. The monoisotopic (exact) mass is 213 g/mol. The van der Waals surface area contributed by atoms with Gasteiger partial charge in [0.1, 0.15) is 11.8 Å². The van der Waals surface area contributed by atoms with Crippen molar-refractivity contribution in [2.24, 2.45) is 0 Å². The van der Waals surface area contributed by atoms with Crippen molar-refractivity contribution < 1.29 is 4.79 Å². The molecule has 1 amide bonds. The number of carbonyl (C=O) groups excluding carboxylic acids is 1. The van der Waals surface area contributed by atoms with Crippen LogP contribution in [0.3, 0.4) is 0 Å². The van der Waals surface area contributed by atoms with Crippen LogP contribution in [0.5, 0.6) is 0 Å². The van der Waals surface area contributed by atoms with Crippen molar-refractivity contribution in [3.8, 4) is 6.07 Å². The van der Waals surface area contributed by atoms with Gasteiger partial charge < -0.3 is 5.32 Å². The molecule has 78 valence electrons. The van der Waals surface area contributed by atoms with Gasteiger partial charge in [0.2, 0.25) is 0 Å². The largest absolute Gasteiger partial charge is 0.319 e.